The molecule has 190 valence electrons. The Morgan fingerprint density at radius 3 is 2.49 bits per heavy atom. The van der Waals surface area contributed by atoms with Gasteiger partial charge in [-0.05, 0) is 78.9 Å². The molecule has 0 radical (unpaired) electrons. The molecule has 1 aliphatic rings. The smallest absolute Gasteiger partial charge is 0.174 e. The van der Waals surface area contributed by atoms with Gasteiger partial charge in [-0.15, -0.1) is 0 Å². The maximum absolute atomic E-state index is 6.63. The summed E-state index contributed by atoms with van der Waals surface area (Å²) in [5, 5.41) is 4.59. The number of nitrogens with zero attached hydrogens (tertiary/aromatic N) is 3. The molecule has 1 N–H and O–H groups in total. The molecule has 0 bridgehead atoms. The first-order valence-electron chi connectivity index (χ1n) is 11.8. The van der Waals surface area contributed by atoms with Gasteiger partial charge in [-0.1, -0.05) is 17.7 Å². The molecule has 2 atom stereocenters. The number of nitrogens with one attached hydrogen (secondary N) is 1. The van der Waals surface area contributed by atoms with Crippen LogP contribution in [0.1, 0.15) is 23.5 Å². The summed E-state index contributed by atoms with van der Waals surface area (Å²) in [6.45, 7) is 0.896. The van der Waals surface area contributed by atoms with Gasteiger partial charge in [-0.2, -0.15) is 0 Å². The highest BCUT2D eigenvalue weighted by Gasteiger charge is 2.42. The molecule has 7 nitrogen and oxygen atoms in total. The van der Waals surface area contributed by atoms with Gasteiger partial charge in [-0.25, -0.2) is 0 Å². The van der Waals surface area contributed by atoms with Crippen molar-refractivity contribution in [2.45, 2.75) is 12.1 Å². The van der Waals surface area contributed by atoms with E-state index in [-0.39, 0.29) is 12.1 Å². The van der Waals surface area contributed by atoms with Crippen LogP contribution in [-0.2, 0) is 4.74 Å². The number of rotatable bonds is 9. The molecule has 1 fully saturated rings. The minimum absolute atomic E-state index is 0.183. The lowest BCUT2D eigenvalue weighted by Gasteiger charge is -2.29. The van der Waals surface area contributed by atoms with E-state index in [1.165, 1.54) is 0 Å². The summed E-state index contributed by atoms with van der Waals surface area (Å²) in [6, 6.07) is 23.4. The number of aromatic nitrogens is 2. The predicted octanol–water partition coefficient (Wildman–Crippen LogP) is 5.74. The van der Waals surface area contributed by atoms with E-state index in [0.29, 0.717) is 29.1 Å². The molecular weight excluding hydrogens is 508 g/mol. The highest BCUT2D eigenvalue weighted by molar-refractivity contribution is 7.80. The van der Waals surface area contributed by atoms with Crippen molar-refractivity contribution in [3.63, 3.8) is 0 Å². The predicted molar refractivity (Wildman–Crippen MR) is 149 cm³/mol. The highest BCUT2D eigenvalue weighted by atomic mass is 35.5. The fourth-order valence-electron chi connectivity index (χ4n) is 4.54. The molecule has 0 spiro atoms. The second-order valence-corrected chi connectivity index (χ2v) is 9.25. The molecular formula is C28H27ClN4O3S. The zero-order valence-corrected chi connectivity index (χ0v) is 22.1. The SMILES string of the molecule is COCCOc1ccc(N2C(=S)N[C@@H](c3ccccn3)[C@H]2c2cccn2-c2ccc(OC)cc2)cc1Cl. The number of hydrogen-bond donors (Lipinski definition) is 1. The van der Waals surface area contributed by atoms with Crippen molar-refractivity contribution in [2.24, 2.45) is 0 Å². The van der Waals surface area contributed by atoms with E-state index in [0.717, 1.165) is 28.5 Å². The molecule has 0 amide bonds. The van der Waals surface area contributed by atoms with Crippen LogP contribution in [0.2, 0.25) is 5.02 Å². The van der Waals surface area contributed by atoms with Crippen molar-refractivity contribution in [3.8, 4) is 17.2 Å². The molecule has 1 aliphatic heterocycles. The molecule has 0 aliphatic carbocycles. The second-order valence-electron chi connectivity index (χ2n) is 8.45. The Balaban J connectivity index is 1.57. The first-order chi connectivity index (χ1) is 18.1. The topological polar surface area (TPSA) is 60.8 Å². The molecule has 0 unspecified atom stereocenters. The number of ether oxygens (including phenoxy) is 3. The first kappa shape index (κ1) is 25.1. The largest absolute Gasteiger partial charge is 0.497 e. The Bertz CT molecular complexity index is 1360. The van der Waals surface area contributed by atoms with Gasteiger partial charge < -0.3 is 29.0 Å². The zero-order valence-electron chi connectivity index (χ0n) is 20.5. The van der Waals surface area contributed by atoms with Crippen LogP contribution in [0.3, 0.4) is 0 Å². The summed E-state index contributed by atoms with van der Waals surface area (Å²) in [5.41, 5.74) is 3.81. The quantitative estimate of drug-likeness (QED) is 0.217. The van der Waals surface area contributed by atoms with E-state index in [2.05, 4.69) is 25.8 Å². The third-order valence-electron chi connectivity index (χ3n) is 6.27. The van der Waals surface area contributed by atoms with Gasteiger partial charge in [0.15, 0.2) is 5.11 Å². The van der Waals surface area contributed by atoms with Gasteiger partial charge in [0, 0.05) is 36.6 Å². The maximum Gasteiger partial charge on any atom is 0.174 e. The summed E-state index contributed by atoms with van der Waals surface area (Å²) < 4.78 is 18.3. The zero-order chi connectivity index (χ0) is 25.8. The summed E-state index contributed by atoms with van der Waals surface area (Å²) in [6.07, 6.45) is 3.84. The Kier molecular flexibility index (Phi) is 7.60. The van der Waals surface area contributed by atoms with Gasteiger partial charge in [-0.3, -0.25) is 4.98 Å². The fraction of sp³-hybridized carbons (Fsp3) is 0.214. The first-order valence-corrected chi connectivity index (χ1v) is 12.6. The van der Waals surface area contributed by atoms with E-state index in [4.69, 9.17) is 38.0 Å². The summed E-state index contributed by atoms with van der Waals surface area (Å²) in [5.74, 6) is 1.40. The van der Waals surface area contributed by atoms with E-state index in [1.54, 1.807) is 20.4 Å². The lowest BCUT2D eigenvalue weighted by Crippen LogP contribution is -2.30. The molecule has 2 aromatic carbocycles. The fourth-order valence-corrected chi connectivity index (χ4v) is 5.11. The monoisotopic (exact) mass is 534 g/mol. The number of thiocarbonyl (C=S) groups is 1. The molecule has 5 rings (SSSR count). The average Bonchev–Trinajstić information content (AvgIpc) is 3.54. The maximum atomic E-state index is 6.63. The second kappa shape index (κ2) is 11.2. The average molecular weight is 535 g/mol. The summed E-state index contributed by atoms with van der Waals surface area (Å²) >= 11 is 12.5. The lowest BCUT2D eigenvalue weighted by molar-refractivity contribution is 0.146. The molecule has 1 saturated heterocycles. The van der Waals surface area contributed by atoms with E-state index in [9.17, 15) is 0 Å². The third-order valence-corrected chi connectivity index (χ3v) is 6.88. The van der Waals surface area contributed by atoms with Crippen LogP contribution >= 0.6 is 23.8 Å². The van der Waals surface area contributed by atoms with E-state index < -0.39 is 0 Å². The van der Waals surface area contributed by atoms with Crippen LogP contribution in [0.4, 0.5) is 5.69 Å². The van der Waals surface area contributed by atoms with E-state index in [1.807, 2.05) is 72.9 Å². The number of hydrogen-bond acceptors (Lipinski definition) is 5. The summed E-state index contributed by atoms with van der Waals surface area (Å²) in [7, 11) is 3.30. The number of methoxy groups -OCH3 is 2. The van der Waals surface area contributed by atoms with Gasteiger partial charge >= 0.3 is 0 Å². The summed E-state index contributed by atoms with van der Waals surface area (Å²) in [4.78, 5) is 6.74. The van der Waals surface area contributed by atoms with Gasteiger partial charge in [0.25, 0.3) is 0 Å². The number of pyridine rings is 1. The van der Waals surface area contributed by atoms with Gasteiger partial charge in [0.2, 0.25) is 0 Å². The minimum atomic E-state index is -0.198. The van der Waals surface area contributed by atoms with E-state index >= 15 is 0 Å². The number of halogens is 1. The minimum Gasteiger partial charge on any atom is -0.497 e. The van der Waals surface area contributed by atoms with Crippen LogP contribution in [0.5, 0.6) is 11.5 Å². The Hall–Kier alpha value is -3.59. The van der Waals surface area contributed by atoms with Crippen LogP contribution < -0.4 is 19.7 Å². The Morgan fingerprint density at radius 2 is 1.78 bits per heavy atom. The van der Waals surface area contributed by atoms with Crippen LogP contribution in [0.25, 0.3) is 5.69 Å². The lowest BCUT2D eigenvalue weighted by atomic mass is 10.0. The Morgan fingerprint density at radius 1 is 0.973 bits per heavy atom. The van der Waals surface area contributed by atoms with Crippen molar-refractivity contribution in [3.05, 3.63) is 102 Å². The van der Waals surface area contributed by atoms with Crippen molar-refractivity contribution in [1.82, 2.24) is 14.9 Å². The number of benzene rings is 2. The standard InChI is InChI=1S/C28H27ClN4O3S/c1-34-16-17-36-25-13-10-20(18-22(25)29)33-27(26(31-28(33)37)23-6-3-4-14-30-23)24-7-5-15-32(24)19-8-11-21(35-2)12-9-19/h3-15,18,26-27H,16-17H2,1-2H3,(H,31,37)/t26-,27+/m0/s1. The molecule has 3 heterocycles. The molecule has 0 saturated carbocycles. The molecule has 37 heavy (non-hydrogen) atoms. The van der Waals surface area contributed by atoms with Crippen LogP contribution in [0.15, 0.2) is 85.2 Å². The highest BCUT2D eigenvalue weighted by Crippen LogP contribution is 2.43. The number of anilines is 1. The molecule has 9 heteroatoms. The van der Waals surface area contributed by atoms with Crippen molar-refractivity contribution in [2.75, 3.05) is 32.3 Å². The van der Waals surface area contributed by atoms with Crippen molar-refractivity contribution in [1.29, 1.82) is 0 Å². The van der Waals surface area contributed by atoms with Crippen molar-refractivity contribution < 1.29 is 14.2 Å². The molecule has 4 aromatic rings. The van der Waals surface area contributed by atoms with Gasteiger partial charge in [0.1, 0.15) is 24.1 Å². The Labute approximate surface area is 226 Å². The van der Waals surface area contributed by atoms with Gasteiger partial charge in [0.05, 0.1) is 30.5 Å². The van der Waals surface area contributed by atoms with Crippen molar-refractivity contribution >= 4 is 34.6 Å². The normalized spacial score (nSPS) is 17.1. The molecule has 2 aromatic heterocycles. The van der Waals surface area contributed by atoms with Crippen LogP contribution in [-0.4, -0.2) is 42.1 Å². The third kappa shape index (κ3) is 5.13. The van der Waals surface area contributed by atoms with Crippen LogP contribution in [0, 0.1) is 0 Å².